The molecule has 0 aliphatic rings. The van der Waals surface area contributed by atoms with Crippen molar-refractivity contribution in [3.63, 3.8) is 0 Å². The minimum atomic E-state index is -3.87. The van der Waals surface area contributed by atoms with Crippen LogP contribution in [0, 0.1) is 5.82 Å². The van der Waals surface area contributed by atoms with Gasteiger partial charge in [0.2, 0.25) is 0 Å². The molecular formula is C16H15ClFN3O2S2. The first-order valence-electron chi connectivity index (χ1n) is 7.38. The molecule has 132 valence electrons. The smallest absolute Gasteiger partial charge is 0.271 e. The number of thiophene rings is 1. The van der Waals surface area contributed by atoms with Crippen LogP contribution in [0.15, 0.2) is 46.1 Å². The van der Waals surface area contributed by atoms with Crippen LogP contribution in [0.1, 0.15) is 19.9 Å². The van der Waals surface area contributed by atoms with Crippen molar-refractivity contribution in [3.05, 3.63) is 52.7 Å². The fourth-order valence-corrected chi connectivity index (χ4v) is 4.78. The van der Waals surface area contributed by atoms with Gasteiger partial charge in [0.25, 0.3) is 10.0 Å². The van der Waals surface area contributed by atoms with Crippen molar-refractivity contribution < 1.29 is 12.8 Å². The molecule has 3 aromatic rings. The van der Waals surface area contributed by atoms with Crippen molar-refractivity contribution in [1.29, 1.82) is 0 Å². The van der Waals surface area contributed by atoms with Gasteiger partial charge in [-0.25, -0.2) is 12.8 Å². The predicted octanol–water partition coefficient (Wildman–Crippen LogP) is 4.79. The lowest BCUT2D eigenvalue weighted by molar-refractivity contribution is 0.538. The van der Waals surface area contributed by atoms with Crippen LogP contribution in [0.25, 0.3) is 11.3 Å². The van der Waals surface area contributed by atoms with E-state index >= 15 is 0 Å². The molecule has 3 rings (SSSR count). The van der Waals surface area contributed by atoms with Gasteiger partial charge in [-0.1, -0.05) is 11.6 Å². The third-order valence-corrected chi connectivity index (χ3v) is 6.60. The Balaban J connectivity index is 1.93. The maximum absolute atomic E-state index is 13.3. The highest BCUT2D eigenvalue weighted by Crippen LogP contribution is 2.32. The van der Waals surface area contributed by atoms with E-state index in [2.05, 4.69) is 9.82 Å². The molecule has 9 heteroatoms. The van der Waals surface area contributed by atoms with E-state index in [0.717, 1.165) is 34.7 Å². The molecule has 1 aromatic carbocycles. The summed E-state index contributed by atoms with van der Waals surface area (Å²) in [6.07, 6.45) is 1.67. The summed E-state index contributed by atoms with van der Waals surface area (Å²) in [6.45, 7) is 3.99. The van der Waals surface area contributed by atoms with Crippen LogP contribution in [0.4, 0.5) is 10.1 Å². The van der Waals surface area contributed by atoms with Crippen LogP contribution >= 0.6 is 22.9 Å². The topological polar surface area (TPSA) is 64.0 Å². The van der Waals surface area contributed by atoms with Gasteiger partial charge in [-0.15, -0.1) is 11.3 Å². The van der Waals surface area contributed by atoms with Crippen molar-refractivity contribution in [2.24, 2.45) is 0 Å². The van der Waals surface area contributed by atoms with Gasteiger partial charge in [-0.3, -0.25) is 9.40 Å². The van der Waals surface area contributed by atoms with Crippen molar-refractivity contribution in [3.8, 4) is 11.3 Å². The Bertz CT molecular complexity index is 1010. The minimum absolute atomic E-state index is 0.00355. The zero-order valence-electron chi connectivity index (χ0n) is 13.4. The van der Waals surface area contributed by atoms with Gasteiger partial charge in [0.15, 0.2) is 0 Å². The summed E-state index contributed by atoms with van der Waals surface area (Å²) in [5, 5.41) is 6.12. The number of aromatic nitrogens is 2. The second kappa shape index (κ2) is 6.78. The molecule has 25 heavy (non-hydrogen) atoms. The normalized spacial score (nSPS) is 11.9. The van der Waals surface area contributed by atoms with E-state index in [1.165, 1.54) is 6.07 Å². The summed E-state index contributed by atoms with van der Waals surface area (Å²) in [4.78, 5) is 0. The molecule has 0 spiro atoms. The first-order chi connectivity index (χ1) is 11.8. The Morgan fingerprint density at radius 2 is 2.04 bits per heavy atom. The Labute approximate surface area is 154 Å². The van der Waals surface area contributed by atoms with E-state index in [1.807, 2.05) is 24.6 Å². The fourth-order valence-electron chi connectivity index (χ4n) is 2.32. The standard InChI is InChI=1S/C16H15ClFN3O2S2/c1-10(2)21-15(5-6-19-21)11-7-16(24-9-11)25(22,23)20-14-8-12(18)3-4-13(14)17/h3-10,20H,1-2H3. The summed E-state index contributed by atoms with van der Waals surface area (Å²) in [5.74, 6) is -0.574. The summed E-state index contributed by atoms with van der Waals surface area (Å²) in [5.41, 5.74) is 1.59. The predicted molar refractivity (Wildman–Crippen MR) is 98.1 cm³/mol. The molecule has 0 fully saturated rings. The Hall–Kier alpha value is -1.90. The summed E-state index contributed by atoms with van der Waals surface area (Å²) in [7, 11) is -3.87. The van der Waals surface area contributed by atoms with Gasteiger partial charge in [0.05, 0.1) is 16.4 Å². The third kappa shape index (κ3) is 3.70. The summed E-state index contributed by atoms with van der Waals surface area (Å²) >= 11 is 7.01. The molecule has 0 aliphatic heterocycles. The SMILES string of the molecule is CC(C)n1nccc1-c1csc(S(=O)(=O)Nc2cc(F)ccc2Cl)c1. The molecular weight excluding hydrogens is 385 g/mol. The Morgan fingerprint density at radius 3 is 2.76 bits per heavy atom. The van der Waals surface area contributed by atoms with Crippen molar-refractivity contribution in [2.45, 2.75) is 24.1 Å². The summed E-state index contributed by atoms with van der Waals surface area (Å²) < 4.78 is 42.7. The van der Waals surface area contributed by atoms with Crippen molar-refractivity contribution in [2.75, 3.05) is 4.72 Å². The van der Waals surface area contributed by atoms with Crippen LogP contribution in [0.3, 0.4) is 0 Å². The number of benzene rings is 1. The third-order valence-electron chi connectivity index (χ3n) is 3.47. The van der Waals surface area contributed by atoms with E-state index in [9.17, 15) is 12.8 Å². The van der Waals surface area contributed by atoms with Gasteiger partial charge in [-0.05, 0) is 44.2 Å². The second-order valence-electron chi connectivity index (χ2n) is 5.64. The quantitative estimate of drug-likeness (QED) is 0.671. The number of halogens is 2. The van der Waals surface area contributed by atoms with Gasteiger partial charge < -0.3 is 0 Å². The fraction of sp³-hybridized carbons (Fsp3) is 0.188. The molecule has 0 aliphatic carbocycles. The molecule has 0 bridgehead atoms. The van der Waals surface area contributed by atoms with Crippen LogP contribution in [-0.4, -0.2) is 18.2 Å². The zero-order chi connectivity index (χ0) is 18.2. The average molecular weight is 400 g/mol. The number of hydrogen-bond acceptors (Lipinski definition) is 4. The average Bonchev–Trinajstić information content (AvgIpc) is 3.18. The molecule has 1 N–H and O–H groups in total. The lowest BCUT2D eigenvalue weighted by atomic mass is 10.2. The molecule has 5 nitrogen and oxygen atoms in total. The maximum atomic E-state index is 13.3. The number of nitrogens with zero attached hydrogens (tertiary/aromatic N) is 2. The van der Waals surface area contributed by atoms with Gasteiger partial charge in [-0.2, -0.15) is 5.10 Å². The van der Waals surface area contributed by atoms with Crippen LogP contribution in [0.5, 0.6) is 0 Å². The number of rotatable bonds is 5. The number of hydrogen-bond donors (Lipinski definition) is 1. The first kappa shape index (κ1) is 17.9. The second-order valence-corrected chi connectivity index (χ2v) is 8.87. The Morgan fingerprint density at radius 1 is 1.28 bits per heavy atom. The van der Waals surface area contributed by atoms with Crippen molar-refractivity contribution in [1.82, 2.24) is 9.78 Å². The molecule has 0 unspecified atom stereocenters. The first-order valence-corrected chi connectivity index (χ1v) is 10.1. The highest BCUT2D eigenvalue weighted by molar-refractivity contribution is 7.94. The van der Waals surface area contributed by atoms with Gasteiger partial charge in [0.1, 0.15) is 10.0 Å². The lowest BCUT2D eigenvalue weighted by Gasteiger charge is -2.09. The molecule has 0 saturated carbocycles. The maximum Gasteiger partial charge on any atom is 0.271 e. The molecule has 2 aromatic heterocycles. The van der Waals surface area contributed by atoms with E-state index in [1.54, 1.807) is 17.6 Å². The van der Waals surface area contributed by atoms with E-state index in [4.69, 9.17) is 11.6 Å². The van der Waals surface area contributed by atoms with E-state index < -0.39 is 15.8 Å². The lowest BCUT2D eigenvalue weighted by Crippen LogP contribution is -2.12. The largest absolute Gasteiger partial charge is 0.277 e. The molecule has 0 amide bonds. The highest BCUT2D eigenvalue weighted by atomic mass is 35.5. The number of sulfonamides is 1. The van der Waals surface area contributed by atoms with Crippen LogP contribution in [0.2, 0.25) is 5.02 Å². The molecule has 0 saturated heterocycles. The molecule has 2 heterocycles. The molecule has 0 atom stereocenters. The van der Waals surface area contributed by atoms with Crippen LogP contribution in [-0.2, 0) is 10.0 Å². The highest BCUT2D eigenvalue weighted by Gasteiger charge is 2.20. The number of anilines is 1. The van der Waals surface area contributed by atoms with E-state index in [-0.39, 0.29) is 21.0 Å². The van der Waals surface area contributed by atoms with Crippen molar-refractivity contribution >= 4 is 38.6 Å². The Kier molecular flexibility index (Phi) is 4.86. The van der Waals surface area contributed by atoms with E-state index in [0.29, 0.717) is 0 Å². The van der Waals surface area contributed by atoms with Gasteiger partial charge in [0, 0.05) is 23.2 Å². The van der Waals surface area contributed by atoms with Crippen LogP contribution < -0.4 is 4.72 Å². The van der Waals surface area contributed by atoms with Gasteiger partial charge >= 0.3 is 0 Å². The monoisotopic (exact) mass is 399 g/mol. The molecule has 0 radical (unpaired) electrons. The summed E-state index contributed by atoms with van der Waals surface area (Å²) in [6, 6.07) is 7.05. The number of nitrogens with one attached hydrogen (secondary N) is 1. The minimum Gasteiger partial charge on any atom is -0.277 e. The zero-order valence-corrected chi connectivity index (χ0v) is 15.8.